The van der Waals surface area contributed by atoms with Gasteiger partial charge in [-0.05, 0) is 122 Å². The summed E-state index contributed by atoms with van der Waals surface area (Å²) in [5.41, 5.74) is 0. The smallest absolute Gasteiger partial charge is 0.361 e. The highest BCUT2D eigenvalue weighted by Gasteiger charge is 2.25. The Hall–Kier alpha value is -4.83. The zero-order valence-corrected chi connectivity index (χ0v) is 59.2. The maximum Gasteiger partial charge on any atom is 0.361 e. The maximum atomic E-state index is 13.0. The van der Waals surface area contributed by atoms with E-state index in [1.807, 2.05) is 21.1 Å². The van der Waals surface area contributed by atoms with E-state index in [2.05, 4.69) is 160 Å². The number of carbonyl (C=O) groups excluding carboxylic acids is 2. The van der Waals surface area contributed by atoms with E-state index >= 15 is 0 Å². The van der Waals surface area contributed by atoms with Crippen molar-refractivity contribution in [3.05, 3.63) is 146 Å². The van der Waals surface area contributed by atoms with E-state index in [1.54, 1.807) is 0 Å². The quantitative estimate of drug-likeness (QED) is 0.0211. The van der Waals surface area contributed by atoms with Crippen LogP contribution in [-0.2, 0) is 33.3 Å². The summed E-state index contributed by atoms with van der Waals surface area (Å²) in [6.07, 6.45) is 101. The molecule has 0 aromatic carbocycles. The molecule has 0 amide bonds. The Morgan fingerprint density at radius 1 is 0.341 bits per heavy atom. The molecule has 0 fully saturated rings. The number of carbonyl (C=O) groups is 3. The first-order valence-corrected chi connectivity index (χ1v) is 37.0. The first-order valence-electron chi connectivity index (χ1n) is 37.0. The number of likely N-dealkylation sites (N-methyl/N-ethyl adjacent to an activating group) is 1. The Labute approximate surface area is 560 Å². The van der Waals surface area contributed by atoms with E-state index in [0.717, 1.165) is 116 Å². The molecular formula is C82H138NO8+. The van der Waals surface area contributed by atoms with Crippen LogP contribution >= 0.6 is 0 Å². The van der Waals surface area contributed by atoms with Gasteiger partial charge in [0.05, 0.1) is 34.4 Å². The third kappa shape index (κ3) is 72.5. The predicted molar refractivity (Wildman–Crippen MR) is 391 cm³/mol. The highest BCUT2D eigenvalue weighted by atomic mass is 16.7. The molecule has 0 aliphatic rings. The van der Waals surface area contributed by atoms with Gasteiger partial charge in [0.2, 0.25) is 0 Å². The predicted octanol–water partition coefficient (Wildman–Crippen LogP) is 23.5. The van der Waals surface area contributed by atoms with Crippen LogP contribution in [0.4, 0.5) is 0 Å². The summed E-state index contributed by atoms with van der Waals surface area (Å²) < 4.78 is 23.0. The summed E-state index contributed by atoms with van der Waals surface area (Å²) >= 11 is 0. The molecule has 0 heterocycles. The molecule has 2 atom stereocenters. The van der Waals surface area contributed by atoms with Crippen LogP contribution in [0, 0.1) is 0 Å². The third-order valence-corrected chi connectivity index (χ3v) is 15.6. The normalized spacial score (nSPS) is 13.5. The molecule has 0 aliphatic heterocycles. The van der Waals surface area contributed by atoms with E-state index in [-0.39, 0.29) is 32.2 Å². The molecule has 0 saturated heterocycles. The fourth-order valence-corrected chi connectivity index (χ4v) is 9.96. The van der Waals surface area contributed by atoms with Gasteiger partial charge in [-0.25, -0.2) is 4.79 Å². The average Bonchev–Trinajstić information content (AvgIpc) is 3.53. The number of aliphatic carboxylic acids is 1. The van der Waals surface area contributed by atoms with E-state index in [9.17, 15) is 19.5 Å². The molecule has 0 aromatic heterocycles. The highest BCUT2D eigenvalue weighted by molar-refractivity contribution is 5.71. The van der Waals surface area contributed by atoms with Crippen molar-refractivity contribution >= 4 is 17.9 Å². The number of ether oxygens (including phenoxy) is 4. The van der Waals surface area contributed by atoms with Crippen molar-refractivity contribution in [2.24, 2.45) is 0 Å². The lowest BCUT2D eigenvalue weighted by Gasteiger charge is -2.25. The van der Waals surface area contributed by atoms with E-state index in [0.29, 0.717) is 23.9 Å². The number of carboxylic acids is 1. The molecular weight excluding hydrogens is 1130 g/mol. The Morgan fingerprint density at radius 3 is 0.945 bits per heavy atom. The molecule has 0 bridgehead atoms. The monoisotopic (exact) mass is 1270 g/mol. The molecule has 2 unspecified atom stereocenters. The van der Waals surface area contributed by atoms with Crippen LogP contribution in [0.5, 0.6) is 0 Å². The molecule has 518 valence electrons. The molecule has 0 aromatic rings. The second-order valence-electron chi connectivity index (χ2n) is 25.5. The minimum Gasteiger partial charge on any atom is -0.477 e. The Morgan fingerprint density at radius 2 is 0.626 bits per heavy atom. The molecule has 9 nitrogen and oxygen atoms in total. The molecule has 1 N–H and O–H groups in total. The lowest BCUT2D eigenvalue weighted by molar-refractivity contribution is -0.870. The number of rotatable bonds is 67. The van der Waals surface area contributed by atoms with Crippen LogP contribution < -0.4 is 0 Å². The van der Waals surface area contributed by atoms with Crippen molar-refractivity contribution in [2.45, 2.75) is 309 Å². The summed E-state index contributed by atoms with van der Waals surface area (Å²) in [4.78, 5) is 37.7. The van der Waals surface area contributed by atoms with Crippen LogP contribution in [0.2, 0.25) is 0 Å². The molecule has 9 heteroatoms. The van der Waals surface area contributed by atoms with Gasteiger partial charge in [0.1, 0.15) is 13.2 Å². The van der Waals surface area contributed by atoms with Crippen molar-refractivity contribution in [2.75, 3.05) is 47.5 Å². The zero-order chi connectivity index (χ0) is 66.1. The lowest BCUT2D eigenvalue weighted by atomic mass is 10.0. The van der Waals surface area contributed by atoms with Gasteiger partial charge in [0.15, 0.2) is 6.10 Å². The standard InChI is InChI=1S/C82H137NO8/c1-6-8-10-12-14-16-18-20-22-24-26-28-30-32-33-34-35-36-37-38-39-40-41-42-43-44-45-46-47-49-51-53-55-57-59-61-63-65-67-69-71-73-80(85)91-78(77-90-82(81(86)87)88-75-74-83(3,4)5)76-89-79(84)72-70-68-66-64-62-60-58-56-54-52-50-48-31-29-27-25-23-21-19-17-15-13-11-9-7-2/h8,10,14,16,20,22,25-28,32-33,35-36,38-39,41-42,44-45,47,49,53,55,78,82H,6-7,9,11-13,15,17-19,21,23-24,29-31,34,37,40,43,46,48,50-52,54,56-77H2,1-5H3/p+1/b10-8-,16-14-,22-20-,27-25-,28-26-,33-32-,36-35-,39-38-,42-41-,45-44-,49-47-,55-53-. The second-order valence-corrected chi connectivity index (χ2v) is 25.5. The van der Waals surface area contributed by atoms with Crippen molar-refractivity contribution in [1.29, 1.82) is 0 Å². The number of unbranched alkanes of at least 4 members (excludes halogenated alkanes) is 28. The van der Waals surface area contributed by atoms with Gasteiger partial charge < -0.3 is 28.5 Å². The van der Waals surface area contributed by atoms with Crippen LogP contribution in [0.3, 0.4) is 0 Å². The average molecular weight is 1270 g/mol. The van der Waals surface area contributed by atoms with Crippen LogP contribution in [0.25, 0.3) is 0 Å². The van der Waals surface area contributed by atoms with Gasteiger partial charge in [-0.15, -0.1) is 0 Å². The highest BCUT2D eigenvalue weighted by Crippen LogP contribution is 2.17. The van der Waals surface area contributed by atoms with E-state index in [1.165, 1.54) is 148 Å². The first-order chi connectivity index (χ1) is 44.6. The van der Waals surface area contributed by atoms with Gasteiger partial charge in [-0.2, -0.15) is 0 Å². The summed E-state index contributed by atoms with van der Waals surface area (Å²) in [5.74, 6) is -2.02. The summed E-state index contributed by atoms with van der Waals surface area (Å²) in [7, 11) is 5.97. The van der Waals surface area contributed by atoms with Gasteiger partial charge in [-0.1, -0.05) is 307 Å². The van der Waals surface area contributed by atoms with Crippen LogP contribution in [0.1, 0.15) is 296 Å². The zero-order valence-electron chi connectivity index (χ0n) is 59.2. The Bertz CT molecular complexity index is 2010. The molecule has 0 spiro atoms. The number of esters is 2. The van der Waals surface area contributed by atoms with Crippen molar-refractivity contribution in [3.8, 4) is 0 Å². The second kappa shape index (κ2) is 71.0. The van der Waals surface area contributed by atoms with Crippen molar-refractivity contribution in [3.63, 3.8) is 0 Å². The molecule has 0 rings (SSSR count). The number of nitrogens with zero attached hydrogens (tertiary/aromatic N) is 1. The molecule has 0 radical (unpaired) electrons. The topological polar surface area (TPSA) is 108 Å². The summed E-state index contributed by atoms with van der Waals surface area (Å²) in [5, 5.41) is 9.75. The molecule has 0 aliphatic carbocycles. The number of quaternary nitrogens is 1. The minimum absolute atomic E-state index is 0.179. The number of carboxylic acid groups (broad SMARTS) is 1. The fourth-order valence-electron chi connectivity index (χ4n) is 9.96. The van der Waals surface area contributed by atoms with Gasteiger partial charge in [0.25, 0.3) is 6.29 Å². The number of hydrogen-bond acceptors (Lipinski definition) is 7. The molecule has 0 saturated carbocycles. The van der Waals surface area contributed by atoms with E-state index in [4.69, 9.17) is 18.9 Å². The summed E-state index contributed by atoms with van der Waals surface area (Å²) in [6, 6.07) is 0. The van der Waals surface area contributed by atoms with Crippen LogP contribution in [0.15, 0.2) is 146 Å². The largest absolute Gasteiger partial charge is 0.477 e. The first kappa shape index (κ1) is 86.2. The molecule has 91 heavy (non-hydrogen) atoms. The Balaban J connectivity index is 4.17. The van der Waals surface area contributed by atoms with Gasteiger partial charge in [-0.3, -0.25) is 9.59 Å². The van der Waals surface area contributed by atoms with E-state index < -0.39 is 24.3 Å². The van der Waals surface area contributed by atoms with Crippen molar-refractivity contribution in [1.82, 2.24) is 0 Å². The SMILES string of the molecule is CC/C=C\C/C=C\C/C=C\C/C=C\C/C=C\C/C=C\C/C=C\C/C=C\C/C=C\C/C=C\C/C=C\CCCCCCCCCC(=O)OC(COC(=O)CCCCCCCCCCCCCCC/C=C\CCCCCCCCCC)COC(OCC[N+](C)(C)C)C(=O)O. The Kier molecular flexibility index (Phi) is 67.3. The maximum absolute atomic E-state index is 13.0. The number of hydrogen-bond donors (Lipinski definition) is 1. The van der Waals surface area contributed by atoms with Gasteiger partial charge >= 0.3 is 17.9 Å². The summed E-state index contributed by atoms with van der Waals surface area (Å²) in [6.45, 7) is 4.76. The number of allylic oxidation sites excluding steroid dienone is 24. The van der Waals surface area contributed by atoms with Crippen LogP contribution in [-0.4, -0.2) is 87.4 Å². The third-order valence-electron chi connectivity index (χ3n) is 15.6. The lowest BCUT2D eigenvalue weighted by Crippen LogP contribution is -2.40. The minimum atomic E-state index is -1.52. The fraction of sp³-hybridized carbons (Fsp3) is 0.671. The van der Waals surface area contributed by atoms with Gasteiger partial charge in [0, 0.05) is 12.8 Å². The van der Waals surface area contributed by atoms with Crippen molar-refractivity contribution < 1.29 is 42.9 Å².